The third kappa shape index (κ3) is 2.95. The van der Waals surface area contributed by atoms with E-state index in [9.17, 15) is 25.2 Å². The van der Waals surface area contributed by atoms with Gasteiger partial charge >= 0.3 is 5.97 Å². The van der Waals surface area contributed by atoms with Crippen LogP contribution in [0.2, 0.25) is 0 Å². The zero-order valence-electron chi connectivity index (χ0n) is 22.3. The summed E-state index contributed by atoms with van der Waals surface area (Å²) in [5, 5.41) is 42.0. The first kappa shape index (κ1) is 25.2. The Balaban J connectivity index is 1.64. The molecule has 35 heavy (non-hydrogen) atoms. The second-order valence-electron chi connectivity index (χ2n) is 14.1. The van der Waals surface area contributed by atoms with E-state index in [2.05, 4.69) is 39.8 Å². The smallest absolute Gasteiger partial charge is 0.309 e. The van der Waals surface area contributed by atoms with Gasteiger partial charge in [-0.3, -0.25) is 4.79 Å². The highest BCUT2D eigenvalue weighted by atomic mass is 16.4. The van der Waals surface area contributed by atoms with Gasteiger partial charge < -0.3 is 20.4 Å². The molecule has 3 saturated carbocycles. The van der Waals surface area contributed by atoms with Gasteiger partial charge in [-0.05, 0) is 91.3 Å². The fourth-order valence-corrected chi connectivity index (χ4v) is 9.32. The monoisotopic (exact) mass is 484 g/mol. The van der Waals surface area contributed by atoms with Crippen molar-refractivity contribution in [2.45, 2.75) is 98.7 Å². The Labute approximate surface area is 210 Å². The first-order valence-electron chi connectivity index (χ1n) is 13.5. The molecule has 0 saturated heterocycles. The van der Waals surface area contributed by atoms with Crippen molar-refractivity contribution >= 4 is 5.97 Å². The molecule has 0 aromatic carbocycles. The average molecular weight is 485 g/mol. The highest BCUT2D eigenvalue weighted by Gasteiger charge is 2.67. The van der Waals surface area contributed by atoms with Gasteiger partial charge in [-0.2, -0.15) is 0 Å². The Morgan fingerprint density at radius 2 is 1.57 bits per heavy atom. The Morgan fingerprint density at radius 3 is 2.20 bits per heavy atom. The van der Waals surface area contributed by atoms with Gasteiger partial charge in [0.05, 0.1) is 24.2 Å². The van der Waals surface area contributed by atoms with Crippen molar-refractivity contribution in [2.24, 2.45) is 38.4 Å². The number of hydrogen-bond donors (Lipinski definition) is 4. The predicted octanol–water partition coefficient (Wildman–Crippen LogP) is 5.02. The first-order valence-corrected chi connectivity index (χ1v) is 13.5. The Bertz CT molecular complexity index is 1060. The van der Waals surface area contributed by atoms with Crippen molar-refractivity contribution in [2.75, 3.05) is 6.61 Å². The average Bonchev–Trinajstić information content (AvgIpc) is 2.81. The largest absolute Gasteiger partial charge is 0.481 e. The molecular weight excluding hydrogens is 440 g/mol. The zero-order valence-corrected chi connectivity index (χ0v) is 22.3. The lowest BCUT2D eigenvalue weighted by molar-refractivity contribution is -0.178. The number of hydrogen-bond acceptors (Lipinski definition) is 4. The summed E-state index contributed by atoms with van der Waals surface area (Å²) >= 11 is 0. The minimum Gasteiger partial charge on any atom is -0.481 e. The van der Waals surface area contributed by atoms with E-state index in [1.165, 1.54) is 5.57 Å². The van der Waals surface area contributed by atoms with E-state index in [1.807, 2.05) is 19.9 Å². The second kappa shape index (κ2) is 7.33. The zero-order chi connectivity index (χ0) is 25.8. The lowest BCUT2D eigenvalue weighted by atomic mass is 9.34. The van der Waals surface area contributed by atoms with Crippen molar-refractivity contribution in [1.82, 2.24) is 0 Å². The Hall–Kier alpha value is -1.43. The second-order valence-corrected chi connectivity index (χ2v) is 14.1. The summed E-state index contributed by atoms with van der Waals surface area (Å²) in [4.78, 5) is 12.3. The number of aliphatic hydroxyl groups excluding tert-OH is 3. The number of aliphatic carboxylic acids is 1. The molecule has 5 aliphatic rings. The number of rotatable bonds is 2. The molecule has 5 aliphatic carbocycles. The molecule has 5 rings (SSSR count). The van der Waals surface area contributed by atoms with E-state index in [0.29, 0.717) is 5.92 Å². The number of allylic oxidation sites excluding steroid dienone is 4. The fraction of sp³-hybridized carbons (Fsp3) is 0.767. The van der Waals surface area contributed by atoms with Crippen LogP contribution in [0.25, 0.3) is 0 Å². The molecular formula is C30H44O5. The molecule has 4 N–H and O–H groups in total. The number of aliphatic hydroxyl groups is 3. The number of carbonyl (C=O) groups is 1. The van der Waals surface area contributed by atoms with Crippen LogP contribution in [0.15, 0.2) is 34.9 Å². The van der Waals surface area contributed by atoms with E-state index in [1.54, 1.807) is 0 Å². The van der Waals surface area contributed by atoms with Crippen LogP contribution in [-0.2, 0) is 4.79 Å². The van der Waals surface area contributed by atoms with Crippen LogP contribution in [0, 0.1) is 38.4 Å². The Kier molecular flexibility index (Phi) is 5.28. The summed E-state index contributed by atoms with van der Waals surface area (Å²) in [5.74, 6) is -0.335. The number of fused-ring (bicyclic) bond motifs is 7. The summed E-state index contributed by atoms with van der Waals surface area (Å²) in [6.45, 7) is 13.1. The van der Waals surface area contributed by atoms with E-state index in [4.69, 9.17) is 0 Å². The summed E-state index contributed by atoms with van der Waals surface area (Å²) in [6, 6.07) is 0. The molecule has 0 amide bonds. The molecule has 0 spiro atoms. The number of carboxylic acids is 1. The van der Waals surface area contributed by atoms with Gasteiger partial charge in [0.2, 0.25) is 0 Å². The molecule has 0 aromatic rings. The highest BCUT2D eigenvalue weighted by molar-refractivity contribution is 5.74. The minimum absolute atomic E-state index is 0.0263. The van der Waals surface area contributed by atoms with Crippen molar-refractivity contribution in [3.05, 3.63) is 34.9 Å². The van der Waals surface area contributed by atoms with E-state index >= 15 is 0 Å². The molecule has 3 fully saturated rings. The molecule has 5 heteroatoms. The van der Waals surface area contributed by atoms with Crippen LogP contribution in [0.4, 0.5) is 0 Å². The van der Waals surface area contributed by atoms with Crippen LogP contribution >= 0.6 is 0 Å². The summed E-state index contributed by atoms with van der Waals surface area (Å²) in [6.07, 6.45) is 10.6. The van der Waals surface area contributed by atoms with Gasteiger partial charge in [0, 0.05) is 10.8 Å². The first-order chi connectivity index (χ1) is 16.1. The lowest BCUT2D eigenvalue weighted by Crippen LogP contribution is -2.62. The lowest BCUT2D eigenvalue weighted by Gasteiger charge is -2.70. The van der Waals surface area contributed by atoms with Gasteiger partial charge in [0.1, 0.15) is 0 Å². The molecule has 0 aromatic heterocycles. The quantitative estimate of drug-likeness (QED) is 0.441. The van der Waals surface area contributed by atoms with Crippen molar-refractivity contribution < 1.29 is 25.2 Å². The van der Waals surface area contributed by atoms with Gasteiger partial charge in [0.15, 0.2) is 0 Å². The van der Waals surface area contributed by atoms with Crippen molar-refractivity contribution in [3.63, 3.8) is 0 Å². The third-order valence-electron chi connectivity index (χ3n) is 12.4. The van der Waals surface area contributed by atoms with E-state index in [0.717, 1.165) is 56.1 Å². The van der Waals surface area contributed by atoms with Crippen LogP contribution < -0.4 is 0 Å². The van der Waals surface area contributed by atoms with Gasteiger partial charge in [0.25, 0.3) is 0 Å². The normalized spacial score (nSPS) is 53.2. The van der Waals surface area contributed by atoms with Crippen molar-refractivity contribution in [3.8, 4) is 0 Å². The molecule has 0 bridgehead atoms. The minimum atomic E-state index is -1.04. The van der Waals surface area contributed by atoms with Gasteiger partial charge in [-0.15, -0.1) is 0 Å². The van der Waals surface area contributed by atoms with Gasteiger partial charge in [-0.25, -0.2) is 0 Å². The molecule has 194 valence electrons. The van der Waals surface area contributed by atoms with E-state index in [-0.39, 0.29) is 28.3 Å². The van der Waals surface area contributed by atoms with Crippen LogP contribution in [0.5, 0.6) is 0 Å². The predicted molar refractivity (Wildman–Crippen MR) is 135 cm³/mol. The number of carboxylic acid groups (broad SMARTS) is 1. The third-order valence-corrected chi connectivity index (χ3v) is 12.4. The summed E-state index contributed by atoms with van der Waals surface area (Å²) in [5.41, 5.74) is 1.54. The maximum Gasteiger partial charge on any atom is 0.309 e. The molecule has 0 radical (unpaired) electrons. The maximum atomic E-state index is 12.3. The molecule has 2 unspecified atom stereocenters. The van der Waals surface area contributed by atoms with Crippen molar-refractivity contribution in [1.29, 1.82) is 0 Å². The summed E-state index contributed by atoms with van der Waals surface area (Å²) < 4.78 is 0. The van der Waals surface area contributed by atoms with Crippen LogP contribution in [0.1, 0.15) is 86.5 Å². The Morgan fingerprint density at radius 1 is 0.914 bits per heavy atom. The molecule has 5 nitrogen and oxygen atoms in total. The van der Waals surface area contributed by atoms with Crippen LogP contribution in [-0.4, -0.2) is 45.2 Å². The van der Waals surface area contributed by atoms with Crippen LogP contribution in [0.3, 0.4) is 0 Å². The maximum absolute atomic E-state index is 12.3. The van der Waals surface area contributed by atoms with E-state index < -0.39 is 29.0 Å². The molecule has 0 aliphatic heterocycles. The molecule has 9 atom stereocenters. The highest BCUT2D eigenvalue weighted by Crippen LogP contribution is 2.75. The SMILES string of the molecule is C[C@@]1(C(=O)O)CC[C@]2(C)CC[C@]3(C)C4=CC=C5C(=CC(O)C(O)[C@@]5(C)CO)[C@]4(C)CC[C@@]3(C)[C@@H]2C1. The topological polar surface area (TPSA) is 98.0 Å². The standard InChI is InChI=1S/C30H44O5/c1-25-9-10-26(2,24(34)35)16-22(25)30(6)14-12-27(3)19-15-20(32)23(33)28(4,17-31)18(19)7-8-21(27)29(30,5)13-11-25/h7-8,15,20,22-23,31-33H,9-14,16-17H2,1-6H3,(H,34,35)/t20?,22-,23?,25-,26-,27+,28+,29-,30+/m1/s1. The fourth-order valence-electron chi connectivity index (χ4n) is 9.32. The van der Waals surface area contributed by atoms with Gasteiger partial charge in [-0.1, -0.05) is 52.3 Å². The summed E-state index contributed by atoms with van der Waals surface area (Å²) in [7, 11) is 0. The molecule has 0 heterocycles.